The van der Waals surface area contributed by atoms with E-state index in [1.807, 2.05) is 19.9 Å². The predicted octanol–water partition coefficient (Wildman–Crippen LogP) is 3.83. The zero-order valence-corrected chi connectivity index (χ0v) is 23.1. The Labute approximate surface area is 218 Å². The molecule has 0 radical (unpaired) electrons. The summed E-state index contributed by atoms with van der Waals surface area (Å²) < 4.78 is 29.8. The number of esters is 4. The molecule has 3 rings (SSSR count). The Balaban J connectivity index is 2.19. The number of fused-ring (bicyclic) bond motifs is 5. The van der Waals surface area contributed by atoms with E-state index in [1.165, 1.54) is 27.7 Å². The van der Waals surface area contributed by atoms with Crippen molar-refractivity contribution >= 4 is 23.9 Å². The molecule has 1 aliphatic carbocycles. The van der Waals surface area contributed by atoms with Crippen molar-refractivity contribution in [3.05, 3.63) is 23.8 Å². The molecule has 0 saturated carbocycles. The van der Waals surface area contributed by atoms with Gasteiger partial charge in [0, 0.05) is 45.4 Å². The standard InChI is InChI=1S/C28H40O9/c1-14-12-21-23-15(2)13-22(34-17(4)30)25(27(7,8)36-18(5)31)24(23)26(35-21)28(9,37-19(6)32)11-10-20(14)33-16(3)29/h13,20-26H,1,10-12H2,2-9H3/t20-,21-,22+,23+,24-,25-,26-,28+/m0/s1. The van der Waals surface area contributed by atoms with Crippen LogP contribution in [0.3, 0.4) is 0 Å². The summed E-state index contributed by atoms with van der Waals surface area (Å²) in [5.74, 6) is -2.77. The molecular weight excluding hydrogens is 480 g/mol. The smallest absolute Gasteiger partial charge is 0.303 e. The first kappa shape index (κ1) is 28.9. The summed E-state index contributed by atoms with van der Waals surface area (Å²) in [6.07, 6.45) is 0.866. The van der Waals surface area contributed by atoms with E-state index < -0.39 is 59.3 Å². The SMILES string of the molecule is C=C1C[C@@H]2O[C@@H]([C@H]3[C@@H]2C(C)=C[C@@H](OC(C)=O)[C@@H]3C(C)(C)OC(C)=O)[C@](C)(OC(C)=O)CC[C@@H]1OC(C)=O. The highest BCUT2D eigenvalue weighted by atomic mass is 16.6. The molecule has 3 aliphatic rings. The van der Waals surface area contributed by atoms with Crippen LogP contribution in [0.2, 0.25) is 0 Å². The maximum Gasteiger partial charge on any atom is 0.303 e. The maximum atomic E-state index is 12.3. The van der Waals surface area contributed by atoms with Crippen molar-refractivity contribution in [2.75, 3.05) is 0 Å². The first-order chi connectivity index (χ1) is 17.1. The minimum Gasteiger partial charge on any atom is -0.459 e. The van der Waals surface area contributed by atoms with Crippen molar-refractivity contribution in [3.8, 4) is 0 Å². The van der Waals surface area contributed by atoms with Gasteiger partial charge in [0.15, 0.2) is 0 Å². The molecular formula is C28H40O9. The van der Waals surface area contributed by atoms with Crippen molar-refractivity contribution in [1.82, 2.24) is 0 Å². The number of ether oxygens (including phenoxy) is 5. The van der Waals surface area contributed by atoms with E-state index >= 15 is 0 Å². The van der Waals surface area contributed by atoms with Crippen molar-refractivity contribution in [3.63, 3.8) is 0 Å². The molecule has 37 heavy (non-hydrogen) atoms. The van der Waals surface area contributed by atoms with Crippen LogP contribution >= 0.6 is 0 Å². The third kappa shape index (κ3) is 6.08. The van der Waals surface area contributed by atoms with Crippen LogP contribution in [0.1, 0.15) is 74.7 Å². The molecule has 2 bridgehead atoms. The van der Waals surface area contributed by atoms with Crippen molar-refractivity contribution in [2.24, 2.45) is 17.8 Å². The van der Waals surface area contributed by atoms with Gasteiger partial charge in [-0.15, -0.1) is 0 Å². The molecule has 2 heterocycles. The van der Waals surface area contributed by atoms with Crippen LogP contribution in [0.4, 0.5) is 0 Å². The van der Waals surface area contributed by atoms with Gasteiger partial charge in [-0.05, 0) is 58.6 Å². The van der Waals surface area contributed by atoms with E-state index in [-0.39, 0.29) is 17.9 Å². The molecule has 0 unspecified atom stereocenters. The van der Waals surface area contributed by atoms with Gasteiger partial charge in [0.2, 0.25) is 0 Å². The molecule has 0 aromatic rings. The van der Waals surface area contributed by atoms with E-state index in [0.717, 1.165) is 11.1 Å². The Kier molecular flexibility index (Phi) is 8.27. The zero-order valence-electron chi connectivity index (χ0n) is 23.1. The van der Waals surface area contributed by atoms with Crippen molar-refractivity contribution < 1.29 is 42.9 Å². The van der Waals surface area contributed by atoms with Gasteiger partial charge in [-0.25, -0.2) is 0 Å². The lowest BCUT2D eigenvalue weighted by Crippen LogP contribution is -2.58. The minimum atomic E-state index is -1.10. The van der Waals surface area contributed by atoms with E-state index in [9.17, 15) is 19.2 Å². The molecule has 0 amide bonds. The minimum absolute atomic E-state index is 0.167. The molecule has 0 aromatic heterocycles. The Morgan fingerprint density at radius 1 is 1.03 bits per heavy atom. The third-order valence-electron chi connectivity index (χ3n) is 7.83. The second kappa shape index (κ2) is 10.6. The normalized spacial score (nSPS) is 35.6. The Morgan fingerprint density at radius 3 is 2.19 bits per heavy atom. The van der Waals surface area contributed by atoms with Gasteiger partial charge >= 0.3 is 23.9 Å². The van der Waals surface area contributed by atoms with E-state index in [1.54, 1.807) is 13.8 Å². The summed E-state index contributed by atoms with van der Waals surface area (Å²) in [5, 5.41) is 0. The summed E-state index contributed by atoms with van der Waals surface area (Å²) >= 11 is 0. The molecule has 0 N–H and O–H groups in total. The highest BCUT2D eigenvalue weighted by Crippen LogP contribution is 2.56. The van der Waals surface area contributed by atoms with Crippen LogP contribution in [0.15, 0.2) is 23.8 Å². The summed E-state index contributed by atoms with van der Waals surface area (Å²) in [6.45, 7) is 17.0. The van der Waals surface area contributed by atoms with Gasteiger partial charge in [-0.3, -0.25) is 19.2 Å². The zero-order chi connectivity index (χ0) is 27.9. The summed E-state index contributed by atoms with van der Waals surface area (Å²) in [4.78, 5) is 48.4. The number of carbonyl (C=O) groups is 4. The first-order valence-corrected chi connectivity index (χ1v) is 12.8. The number of rotatable bonds is 5. The average molecular weight is 521 g/mol. The van der Waals surface area contributed by atoms with Crippen molar-refractivity contribution in [1.29, 1.82) is 0 Å². The van der Waals surface area contributed by atoms with Gasteiger partial charge < -0.3 is 23.7 Å². The highest BCUT2D eigenvalue weighted by Gasteiger charge is 2.63. The lowest BCUT2D eigenvalue weighted by atomic mass is 9.60. The quantitative estimate of drug-likeness (QED) is 0.303. The third-order valence-corrected chi connectivity index (χ3v) is 7.83. The van der Waals surface area contributed by atoms with Crippen molar-refractivity contribution in [2.45, 2.75) is 110 Å². The van der Waals surface area contributed by atoms with Crippen LogP contribution < -0.4 is 0 Å². The fraction of sp³-hybridized carbons (Fsp3) is 0.714. The van der Waals surface area contributed by atoms with Crippen LogP contribution in [-0.2, 0) is 42.9 Å². The van der Waals surface area contributed by atoms with Gasteiger partial charge in [0.1, 0.15) is 29.5 Å². The topological polar surface area (TPSA) is 114 Å². The Morgan fingerprint density at radius 2 is 1.65 bits per heavy atom. The van der Waals surface area contributed by atoms with Gasteiger partial charge in [0.25, 0.3) is 0 Å². The second-order valence-corrected chi connectivity index (χ2v) is 11.3. The fourth-order valence-electron chi connectivity index (χ4n) is 6.76. The average Bonchev–Trinajstić information content (AvgIpc) is 3.09. The monoisotopic (exact) mass is 520 g/mol. The Bertz CT molecular complexity index is 996. The summed E-state index contributed by atoms with van der Waals surface area (Å²) in [5.41, 5.74) is -0.463. The highest BCUT2D eigenvalue weighted by molar-refractivity contribution is 5.68. The van der Waals surface area contributed by atoms with E-state index in [4.69, 9.17) is 23.7 Å². The van der Waals surface area contributed by atoms with Gasteiger partial charge in [0.05, 0.1) is 6.10 Å². The van der Waals surface area contributed by atoms with E-state index in [2.05, 4.69) is 6.58 Å². The summed E-state index contributed by atoms with van der Waals surface area (Å²) in [7, 11) is 0. The van der Waals surface area contributed by atoms with Crippen LogP contribution in [0.5, 0.6) is 0 Å². The molecule has 9 nitrogen and oxygen atoms in total. The molecule has 206 valence electrons. The molecule has 0 spiro atoms. The molecule has 2 fully saturated rings. The molecule has 0 aromatic carbocycles. The lowest BCUT2D eigenvalue weighted by molar-refractivity contribution is -0.192. The second-order valence-electron chi connectivity index (χ2n) is 11.3. The lowest BCUT2D eigenvalue weighted by Gasteiger charge is -2.49. The van der Waals surface area contributed by atoms with Crippen LogP contribution in [-0.4, -0.2) is 59.5 Å². The van der Waals surface area contributed by atoms with Gasteiger partial charge in [-0.1, -0.05) is 12.2 Å². The van der Waals surface area contributed by atoms with E-state index in [0.29, 0.717) is 19.3 Å². The number of carbonyl (C=O) groups excluding carboxylic acids is 4. The fourth-order valence-corrected chi connectivity index (χ4v) is 6.76. The molecule has 2 saturated heterocycles. The predicted molar refractivity (Wildman–Crippen MR) is 133 cm³/mol. The number of hydrogen-bond donors (Lipinski definition) is 0. The molecule has 8 atom stereocenters. The number of hydrogen-bond acceptors (Lipinski definition) is 9. The first-order valence-electron chi connectivity index (χ1n) is 12.8. The largest absolute Gasteiger partial charge is 0.459 e. The summed E-state index contributed by atoms with van der Waals surface area (Å²) in [6, 6.07) is 0. The molecule has 2 aliphatic heterocycles. The molecule has 9 heteroatoms. The van der Waals surface area contributed by atoms with Crippen LogP contribution in [0.25, 0.3) is 0 Å². The van der Waals surface area contributed by atoms with Gasteiger partial charge in [-0.2, -0.15) is 0 Å². The Hall–Kier alpha value is -2.68. The van der Waals surface area contributed by atoms with Crippen LogP contribution in [0, 0.1) is 17.8 Å². The maximum absolute atomic E-state index is 12.3.